The fourth-order valence-corrected chi connectivity index (χ4v) is 4.12. The van der Waals surface area contributed by atoms with Crippen molar-refractivity contribution in [3.05, 3.63) is 77.4 Å². The van der Waals surface area contributed by atoms with Gasteiger partial charge < -0.3 is 25.2 Å². The highest BCUT2D eigenvalue weighted by atomic mass is 19.1. The third kappa shape index (κ3) is 7.22. The molecular formula is C27H32FN3O5. The average Bonchev–Trinajstić information content (AvgIpc) is 3.21. The number of imidazole rings is 1. The van der Waals surface area contributed by atoms with Gasteiger partial charge >= 0.3 is 5.97 Å². The third-order valence-corrected chi connectivity index (χ3v) is 5.81. The highest BCUT2D eigenvalue weighted by Gasteiger charge is 2.26. The van der Waals surface area contributed by atoms with Gasteiger partial charge in [0.05, 0.1) is 24.3 Å². The summed E-state index contributed by atoms with van der Waals surface area (Å²) < 4.78 is 15.4. The molecule has 0 radical (unpaired) electrons. The largest absolute Gasteiger partial charge is 0.481 e. The number of aromatic nitrogens is 2. The van der Waals surface area contributed by atoms with E-state index in [1.54, 1.807) is 12.1 Å². The van der Waals surface area contributed by atoms with Gasteiger partial charge in [0.2, 0.25) is 0 Å². The predicted octanol–water partition coefficient (Wildman–Crippen LogP) is 3.72. The van der Waals surface area contributed by atoms with Crippen LogP contribution in [0.3, 0.4) is 0 Å². The Labute approximate surface area is 209 Å². The molecule has 36 heavy (non-hydrogen) atoms. The number of aliphatic carboxylic acids is 1. The Morgan fingerprint density at radius 3 is 2.31 bits per heavy atom. The second-order valence-electron chi connectivity index (χ2n) is 9.08. The van der Waals surface area contributed by atoms with E-state index >= 15 is 0 Å². The van der Waals surface area contributed by atoms with Crippen molar-refractivity contribution in [1.82, 2.24) is 14.9 Å². The number of nitrogens with one attached hydrogen (secondary N) is 1. The first-order chi connectivity index (χ1) is 17.2. The Hall–Kier alpha value is -3.56. The van der Waals surface area contributed by atoms with Gasteiger partial charge in [-0.1, -0.05) is 44.2 Å². The first-order valence-corrected chi connectivity index (χ1v) is 11.9. The van der Waals surface area contributed by atoms with E-state index in [1.165, 1.54) is 12.1 Å². The van der Waals surface area contributed by atoms with Crippen LogP contribution in [0.5, 0.6) is 0 Å². The summed E-state index contributed by atoms with van der Waals surface area (Å²) in [7, 11) is 0. The van der Waals surface area contributed by atoms with Gasteiger partial charge in [-0.05, 0) is 48.6 Å². The molecule has 1 amide bonds. The number of carboxylic acid groups (broad SMARTS) is 1. The standard InChI is InChI=1S/C27H32FN3O5/c1-17(2)25-24(27(36)29-16-18-6-4-3-5-7-18)30-26(19-8-10-20(28)11-9-19)31(25)13-12-21(32)14-22(33)15-23(34)35/h3-11,17,21-22,32-33H,12-16H2,1-2H3,(H,29,36)(H,34,35)/t21-,22-/m1/s1. The number of benzene rings is 2. The van der Waals surface area contributed by atoms with Crippen LogP contribution in [-0.2, 0) is 17.9 Å². The van der Waals surface area contributed by atoms with Gasteiger partial charge in [-0.25, -0.2) is 9.37 Å². The normalized spacial score (nSPS) is 12.9. The molecule has 0 unspecified atom stereocenters. The summed E-state index contributed by atoms with van der Waals surface area (Å²) in [4.78, 5) is 28.6. The molecule has 2 aromatic carbocycles. The van der Waals surface area contributed by atoms with Crippen LogP contribution < -0.4 is 5.32 Å². The Morgan fingerprint density at radius 2 is 1.69 bits per heavy atom. The summed E-state index contributed by atoms with van der Waals surface area (Å²) in [6.45, 7) is 4.46. The zero-order valence-corrected chi connectivity index (χ0v) is 20.4. The molecule has 9 heteroatoms. The zero-order chi connectivity index (χ0) is 26.2. The third-order valence-electron chi connectivity index (χ3n) is 5.81. The van der Waals surface area contributed by atoms with Crippen molar-refractivity contribution in [2.45, 2.75) is 64.3 Å². The summed E-state index contributed by atoms with van der Waals surface area (Å²) in [5, 5.41) is 32.0. The smallest absolute Gasteiger partial charge is 0.305 e. The molecule has 3 rings (SSSR count). The molecule has 1 aromatic heterocycles. The summed E-state index contributed by atoms with van der Waals surface area (Å²) in [5.41, 5.74) is 2.47. The van der Waals surface area contributed by atoms with E-state index in [1.807, 2.05) is 48.7 Å². The first-order valence-electron chi connectivity index (χ1n) is 11.9. The fourth-order valence-electron chi connectivity index (χ4n) is 4.12. The second-order valence-corrected chi connectivity index (χ2v) is 9.08. The maximum atomic E-state index is 13.6. The van der Waals surface area contributed by atoms with Crippen LogP contribution in [0.25, 0.3) is 11.4 Å². The van der Waals surface area contributed by atoms with Gasteiger partial charge in [0.15, 0.2) is 0 Å². The van der Waals surface area contributed by atoms with E-state index in [-0.39, 0.29) is 36.9 Å². The number of hydrogen-bond acceptors (Lipinski definition) is 5. The topological polar surface area (TPSA) is 125 Å². The number of hydrogen-bond donors (Lipinski definition) is 4. The van der Waals surface area contributed by atoms with Crippen LogP contribution in [0.1, 0.15) is 60.8 Å². The van der Waals surface area contributed by atoms with E-state index in [0.29, 0.717) is 23.6 Å². The van der Waals surface area contributed by atoms with E-state index in [2.05, 4.69) is 10.3 Å². The number of amides is 1. The molecular weight excluding hydrogens is 465 g/mol. The van der Waals surface area contributed by atoms with Crippen molar-refractivity contribution in [2.24, 2.45) is 0 Å². The minimum absolute atomic E-state index is 0.0890. The van der Waals surface area contributed by atoms with Gasteiger partial charge in [0, 0.05) is 18.7 Å². The van der Waals surface area contributed by atoms with Crippen LogP contribution in [-0.4, -0.2) is 49.0 Å². The lowest BCUT2D eigenvalue weighted by molar-refractivity contribution is -0.139. The molecule has 2 atom stereocenters. The highest BCUT2D eigenvalue weighted by Crippen LogP contribution is 2.29. The van der Waals surface area contributed by atoms with Crippen LogP contribution in [0.2, 0.25) is 0 Å². The Morgan fingerprint density at radius 1 is 1.03 bits per heavy atom. The number of aliphatic hydroxyl groups excluding tert-OH is 2. The van der Waals surface area contributed by atoms with Crippen LogP contribution in [0.4, 0.5) is 4.39 Å². The molecule has 0 spiro atoms. The summed E-state index contributed by atoms with van der Waals surface area (Å²) >= 11 is 0. The second kappa shape index (κ2) is 12.4. The molecule has 0 saturated heterocycles. The molecule has 192 valence electrons. The SMILES string of the molecule is CC(C)c1c(C(=O)NCc2ccccc2)nc(-c2ccc(F)cc2)n1CC[C@@H](O)C[C@@H](O)CC(=O)O. The van der Waals surface area contributed by atoms with E-state index in [9.17, 15) is 24.2 Å². The van der Waals surface area contributed by atoms with E-state index in [0.717, 1.165) is 5.56 Å². The zero-order valence-electron chi connectivity index (χ0n) is 20.4. The molecule has 3 aromatic rings. The highest BCUT2D eigenvalue weighted by molar-refractivity contribution is 5.94. The average molecular weight is 498 g/mol. The Balaban J connectivity index is 1.90. The number of carbonyl (C=O) groups is 2. The van der Waals surface area contributed by atoms with E-state index < -0.39 is 30.4 Å². The van der Waals surface area contributed by atoms with Crippen LogP contribution >= 0.6 is 0 Å². The number of nitrogens with zero attached hydrogens (tertiary/aromatic N) is 2. The van der Waals surface area contributed by atoms with E-state index in [4.69, 9.17) is 5.11 Å². The van der Waals surface area contributed by atoms with Gasteiger partial charge in [0.25, 0.3) is 5.91 Å². The van der Waals surface area contributed by atoms with Crippen molar-refractivity contribution in [3.8, 4) is 11.4 Å². The molecule has 8 nitrogen and oxygen atoms in total. The molecule has 0 saturated carbocycles. The molecule has 0 aliphatic heterocycles. The van der Waals surface area contributed by atoms with Crippen molar-refractivity contribution < 1.29 is 29.3 Å². The van der Waals surface area contributed by atoms with Crippen molar-refractivity contribution >= 4 is 11.9 Å². The summed E-state index contributed by atoms with van der Waals surface area (Å²) in [6.07, 6.45) is -2.47. The first kappa shape index (κ1) is 27.0. The van der Waals surface area contributed by atoms with Crippen molar-refractivity contribution in [3.63, 3.8) is 0 Å². The van der Waals surface area contributed by atoms with Gasteiger partial charge in [0.1, 0.15) is 17.3 Å². The minimum atomic E-state index is -1.17. The Bertz CT molecular complexity index is 1160. The molecule has 0 aliphatic rings. The summed E-state index contributed by atoms with van der Waals surface area (Å²) in [6, 6.07) is 15.3. The lowest BCUT2D eigenvalue weighted by Crippen LogP contribution is -2.25. The van der Waals surface area contributed by atoms with Crippen molar-refractivity contribution in [2.75, 3.05) is 0 Å². The van der Waals surface area contributed by atoms with Gasteiger partial charge in [-0.3, -0.25) is 9.59 Å². The Kier molecular flexibility index (Phi) is 9.32. The molecule has 0 bridgehead atoms. The molecule has 0 fully saturated rings. The monoisotopic (exact) mass is 497 g/mol. The van der Waals surface area contributed by atoms with Crippen molar-refractivity contribution in [1.29, 1.82) is 0 Å². The molecule has 4 N–H and O–H groups in total. The molecule has 0 aliphatic carbocycles. The van der Waals surface area contributed by atoms with Crippen LogP contribution in [0.15, 0.2) is 54.6 Å². The quantitative estimate of drug-likeness (QED) is 0.302. The minimum Gasteiger partial charge on any atom is -0.481 e. The predicted molar refractivity (Wildman–Crippen MR) is 133 cm³/mol. The van der Waals surface area contributed by atoms with Gasteiger partial charge in [-0.2, -0.15) is 0 Å². The number of carboxylic acids is 1. The number of rotatable bonds is 12. The lowest BCUT2D eigenvalue weighted by Gasteiger charge is -2.19. The summed E-state index contributed by atoms with van der Waals surface area (Å²) in [5.74, 6) is -1.52. The number of halogens is 1. The van der Waals surface area contributed by atoms with Crippen LogP contribution in [0, 0.1) is 5.82 Å². The van der Waals surface area contributed by atoms with Gasteiger partial charge in [-0.15, -0.1) is 0 Å². The maximum absolute atomic E-state index is 13.6. The number of carbonyl (C=O) groups excluding carboxylic acids is 1. The molecule has 1 heterocycles. The maximum Gasteiger partial charge on any atom is 0.305 e. The lowest BCUT2D eigenvalue weighted by atomic mass is 10.0. The number of aliphatic hydroxyl groups is 2. The fraction of sp³-hybridized carbons (Fsp3) is 0.370.